The van der Waals surface area contributed by atoms with Crippen molar-refractivity contribution in [3.63, 3.8) is 0 Å². The molecule has 0 saturated heterocycles. The summed E-state index contributed by atoms with van der Waals surface area (Å²) in [5.41, 5.74) is -0.714. The molecular weight excluding hydrogens is 226 g/mol. The monoisotopic (exact) mass is 235 g/mol. The number of nitrogens with one attached hydrogen (secondary N) is 4. The van der Waals surface area contributed by atoms with Crippen LogP contribution >= 0.6 is 0 Å². The number of aromatic amines is 3. The summed E-state index contributed by atoms with van der Waals surface area (Å²) in [4.78, 5) is 37.7. The maximum atomic E-state index is 11.6. The predicted octanol–water partition coefficient (Wildman–Crippen LogP) is -1.28. The van der Waals surface area contributed by atoms with Crippen LogP contribution < -0.4 is 16.6 Å². The van der Waals surface area contributed by atoms with E-state index >= 15 is 0 Å². The maximum Gasteiger partial charge on any atom is 0.326 e. The van der Waals surface area contributed by atoms with E-state index in [1.807, 2.05) is 4.98 Å². The highest BCUT2D eigenvalue weighted by Gasteiger charge is 2.07. The van der Waals surface area contributed by atoms with Crippen LogP contribution in [0.2, 0.25) is 0 Å². The number of hydrogen-bond donors (Lipinski definition) is 4. The molecule has 1 amide bonds. The zero-order valence-electron chi connectivity index (χ0n) is 8.61. The van der Waals surface area contributed by atoms with Crippen LogP contribution in [0, 0.1) is 0 Å². The third kappa shape index (κ3) is 2.68. The van der Waals surface area contributed by atoms with Crippen molar-refractivity contribution in [1.29, 1.82) is 0 Å². The van der Waals surface area contributed by atoms with Crippen LogP contribution in [-0.4, -0.2) is 26.1 Å². The first-order valence-corrected chi connectivity index (χ1v) is 4.75. The first-order valence-electron chi connectivity index (χ1n) is 4.75. The SMILES string of the molecule is O=C(NCc1ccn[nH]1)c1cc(=O)[nH]c(=O)[nH]1. The minimum atomic E-state index is -0.718. The number of carbonyl (C=O) groups excluding carboxylic acids is 1. The minimum absolute atomic E-state index is 0.0849. The summed E-state index contributed by atoms with van der Waals surface area (Å²) in [6, 6.07) is 2.71. The van der Waals surface area contributed by atoms with E-state index in [-0.39, 0.29) is 12.2 Å². The van der Waals surface area contributed by atoms with Gasteiger partial charge in [0.25, 0.3) is 11.5 Å². The smallest absolute Gasteiger partial charge is 0.326 e. The summed E-state index contributed by atoms with van der Waals surface area (Å²) in [5, 5.41) is 8.90. The molecule has 0 aliphatic carbocycles. The summed E-state index contributed by atoms with van der Waals surface area (Å²) >= 11 is 0. The first kappa shape index (κ1) is 10.9. The summed E-state index contributed by atoms with van der Waals surface area (Å²) < 4.78 is 0. The van der Waals surface area contributed by atoms with E-state index in [4.69, 9.17) is 0 Å². The van der Waals surface area contributed by atoms with E-state index in [9.17, 15) is 14.4 Å². The fraction of sp³-hybridized carbons (Fsp3) is 0.111. The largest absolute Gasteiger partial charge is 0.345 e. The van der Waals surface area contributed by atoms with Gasteiger partial charge in [-0.3, -0.25) is 19.7 Å². The second-order valence-electron chi connectivity index (χ2n) is 3.27. The molecule has 0 aromatic carbocycles. The number of rotatable bonds is 3. The molecule has 2 aromatic heterocycles. The minimum Gasteiger partial charge on any atom is -0.345 e. The third-order valence-electron chi connectivity index (χ3n) is 2.00. The lowest BCUT2D eigenvalue weighted by molar-refractivity contribution is 0.0944. The van der Waals surface area contributed by atoms with Crippen molar-refractivity contribution in [3.8, 4) is 0 Å². The van der Waals surface area contributed by atoms with Gasteiger partial charge < -0.3 is 10.3 Å². The Bertz CT molecular complexity index is 596. The molecule has 0 aliphatic heterocycles. The van der Waals surface area contributed by atoms with Crippen LogP contribution in [0.15, 0.2) is 27.9 Å². The molecule has 0 radical (unpaired) electrons. The van der Waals surface area contributed by atoms with E-state index in [1.54, 1.807) is 12.3 Å². The van der Waals surface area contributed by atoms with Gasteiger partial charge in [0.1, 0.15) is 5.69 Å². The summed E-state index contributed by atoms with van der Waals surface area (Å²) in [6.45, 7) is 0.230. The van der Waals surface area contributed by atoms with E-state index in [0.29, 0.717) is 5.69 Å². The predicted molar refractivity (Wildman–Crippen MR) is 57.4 cm³/mol. The van der Waals surface area contributed by atoms with Crippen molar-refractivity contribution in [2.45, 2.75) is 6.54 Å². The van der Waals surface area contributed by atoms with Crippen LogP contribution in [0.25, 0.3) is 0 Å². The average molecular weight is 235 g/mol. The summed E-state index contributed by atoms with van der Waals surface area (Å²) in [6.07, 6.45) is 1.55. The van der Waals surface area contributed by atoms with Gasteiger partial charge in [-0.2, -0.15) is 5.10 Å². The van der Waals surface area contributed by atoms with Gasteiger partial charge in [-0.15, -0.1) is 0 Å². The molecule has 8 nitrogen and oxygen atoms in total. The third-order valence-corrected chi connectivity index (χ3v) is 2.00. The van der Waals surface area contributed by atoms with Crippen molar-refractivity contribution < 1.29 is 4.79 Å². The highest BCUT2D eigenvalue weighted by atomic mass is 16.2. The van der Waals surface area contributed by atoms with Crippen LogP contribution in [0.1, 0.15) is 16.2 Å². The number of aromatic nitrogens is 4. The Morgan fingerprint density at radius 1 is 1.35 bits per heavy atom. The fourth-order valence-electron chi connectivity index (χ4n) is 1.24. The second kappa shape index (κ2) is 4.47. The van der Waals surface area contributed by atoms with Gasteiger partial charge in [0, 0.05) is 12.3 Å². The summed E-state index contributed by atoms with van der Waals surface area (Å²) in [5.74, 6) is -0.539. The molecule has 17 heavy (non-hydrogen) atoms. The van der Waals surface area contributed by atoms with Crippen molar-refractivity contribution in [2.24, 2.45) is 0 Å². The average Bonchev–Trinajstić information content (AvgIpc) is 2.77. The lowest BCUT2D eigenvalue weighted by atomic mass is 10.3. The van der Waals surface area contributed by atoms with Gasteiger partial charge >= 0.3 is 5.69 Å². The van der Waals surface area contributed by atoms with E-state index in [1.165, 1.54) is 0 Å². The zero-order chi connectivity index (χ0) is 12.3. The molecule has 8 heteroatoms. The standard InChI is InChI=1S/C9H9N5O3/c15-7-3-6(12-9(17)13-7)8(16)10-4-5-1-2-11-14-5/h1-3H,4H2,(H,10,16)(H,11,14)(H2,12,13,15,17). The molecule has 0 bridgehead atoms. The molecule has 0 spiro atoms. The molecule has 0 aliphatic rings. The number of H-pyrrole nitrogens is 3. The number of amides is 1. The topological polar surface area (TPSA) is 123 Å². The number of hydrogen-bond acceptors (Lipinski definition) is 4. The highest BCUT2D eigenvalue weighted by molar-refractivity contribution is 5.91. The van der Waals surface area contributed by atoms with Gasteiger partial charge in [-0.05, 0) is 6.07 Å². The van der Waals surface area contributed by atoms with Crippen molar-refractivity contribution >= 4 is 5.91 Å². The Hall–Kier alpha value is -2.64. The fourth-order valence-corrected chi connectivity index (χ4v) is 1.24. The molecule has 0 atom stereocenters. The highest BCUT2D eigenvalue weighted by Crippen LogP contribution is 1.92. The Labute approximate surface area is 94.1 Å². The van der Waals surface area contributed by atoms with E-state index < -0.39 is 17.2 Å². The number of carbonyl (C=O) groups is 1. The Balaban J connectivity index is 2.09. The Kier molecular flexibility index (Phi) is 2.86. The van der Waals surface area contributed by atoms with Crippen LogP contribution in [0.5, 0.6) is 0 Å². The normalized spacial score (nSPS) is 10.1. The van der Waals surface area contributed by atoms with Crippen molar-refractivity contribution in [3.05, 3.63) is 50.6 Å². The van der Waals surface area contributed by atoms with Gasteiger partial charge in [0.15, 0.2) is 0 Å². The van der Waals surface area contributed by atoms with Crippen molar-refractivity contribution in [1.82, 2.24) is 25.5 Å². The molecular formula is C9H9N5O3. The Morgan fingerprint density at radius 2 is 2.18 bits per heavy atom. The van der Waals surface area contributed by atoms with E-state index in [2.05, 4.69) is 20.5 Å². The molecule has 2 rings (SSSR count). The molecule has 0 unspecified atom stereocenters. The quantitative estimate of drug-likeness (QED) is 0.528. The van der Waals surface area contributed by atoms with E-state index in [0.717, 1.165) is 6.07 Å². The lowest BCUT2D eigenvalue weighted by Gasteiger charge is -2.02. The summed E-state index contributed by atoms with van der Waals surface area (Å²) in [7, 11) is 0. The molecule has 0 fully saturated rings. The molecule has 2 heterocycles. The van der Waals surface area contributed by atoms with Gasteiger partial charge in [-0.1, -0.05) is 0 Å². The molecule has 2 aromatic rings. The maximum absolute atomic E-state index is 11.6. The van der Waals surface area contributed by atoms with Gasteiger partial charge in [0.2, 0.25) is 0 Å². The number of nitrogens with zero attached hydrogens (tertiary/aromatic N) is 1. The van der Waals surface area contributed by atoms with Crippen LogP contribution in [0.3, 0.4) is 0 Å². The second-order valence-corrected chi connectivity index (χ2v) is 3.27. The molecule has 88 valence electrons. The Morgan fingerprint density at radius 3 is 2.82 bits per heavy atom. The van der Waals surface area contributed by atoms with Crippen LogP contribution in [-0.2, 0) is 6.54 Å². The zero-order valence-corrected chi connectivity index (χ0v) is 8.61. The first-order chi connectivity index (χ1) is 8.15. The van der Waals surface area contributed by atoms with Crippen molar-refractivity contribution in [2.75, 3.05) is 0 Å². The van der Waals surface area contributed by atoms with Gasteiger partial charge in [-0.25, -0.2) is 4.79 Å². The molecule has 0 saturated carbocycles. The van der Waals surface area contributed by atoms with Crippen LogP contribution in [0.4, 0.5) is 0 Å². The van der Waals surface area contributed by atoms with Gasteiger partial charge in [0.05, 0.1) is 12.2 Å². The lowest BCUT2D eigenvalue weighted by Crippen LogP contribution is -2.30. The molecule has 4 N–H and O–H groups in total.